The standard InChI is InChI=1S/C28H22N3OS/c1-30-19(10-9-17-27-31(2)24-14-6-8-16-26(24)33-27)18-21(20-11-3-5-13-23(20)30)28-29-22-12-4-7-15-25(22)32-28/h3-18H,1-2H3/q+1. The fourth-order valence-electron chi connectivity index (χ4n) is 4.27. The number of aromatic nitrogens is 2. The van der Waals surface area contributed by atoms with E-state index in [0.717, 1.165) is 33.3 Å². The maximum atomic E-state index is 6.13. The van der Waals surface area contributed by atoms with Crippen molar-refractivity contribution >= 4 is 45.5 Å². The summed E-state index contributed by atoms with van der Waals surface area (Å²) in [6.45, 7) is 0. The van der Waals surface area contributed by atoms with E-state index >= 15 is 0 Å². The summed E-state index contributed by atoms with van der Waals surface area (Å²) in [5.41, 5.74) is 6.11. The highest BCUT2D eigenvalue weighted by Crippen LogP contribution is 2.44. The Hall–Kier alpha value is -3.83. The molecule has 5 aromatic rings. The monoisotopic (exact) mass is 448 g/mol. The van der Waals surface area contributed by atoms with Crippen LogP contribution < -0.4 is 9.47 Å². The summed E-state index contributed by atoms with van der Waals surface area (Å²) in [6, 6.07) is 26.9. The highest BCUT2D eigenvalue weighted by atomic mass is 32.2. The van der Waals surface area contributed by atoms with Crippen molar-refractivity contribution in [2.24, 2.45) is 7.05 Å². The topological polar surface area (TPSA) is 33.2 Å². The lowest BCUT2D eigenvalue weighted by Gasteiger charge is -2.12. The molecule has 0 saturated heterocycles. The predicted octanol–water partition coefficient (Wildman–Crippen LogP) is 6.57. The number of anilines is 1. The zero-order chi connectivity index (χ0) is 22.4. The minimum Gasteiger partial charge on any atom is -0.436 e. The van der Waals surface area contributed by atoms with E-state index in [1.807, 2.05) is 24.3 Å². The lowest BCUT2D eigenvalue weighted by Crippen LogP contribution is -2.33. The number of fused-ring (bicyclic) bond motifs is 3. The van der Waals surface area contributed by atoms with Crippen LogP contribution in [-0.4, -0.2) is 12.0 Å². The molecule has 4 nitrogen and oxygen atoms in total. The van der Waals surface area contributed by atoms with Gasteiger partial charge >= 0.3 is 0 Å². The zero-order valence-electron chi connectivity index (χ0n) is 18.4. The minimum atomic E-state index is 0.641. The van der Waals surface area contributed by atoms with E-state index < -0.39 is 0 Å². The lowest BCUT2D eigenvalue weighted by atomic mass is 10.1. The average Bonchev–Trinajstić information content (AvgIpc) is 3.42. The molecular formula is C28H22N3OS+. The van der Waals surface area contributed by atoms with Gasteiger partial charge in [0.05, 0.1) is 21.7 Å². The molecule has 0 bridgehead atoms. The highest BCUT2D eigenvalue weighted by Gasteiger charge is 2.21. The van der Waals surface area contributed by atoms with Crippen LogP contribution in [0.5, 0.6) is 0 Å². The van der Waals surface area contributed by atoms with Crippen LogP contribution in [0.25, 0.3) is 39.5 Å². The molecule has 0 atom stereocenters. The maximum Gasteiger partial charge on any atom is 0.228 e. The Balaban J connectivity index is 1.43. The first kappa shape index (κ1) is 19.8. The van der Waals surface area contributed by atoms with Crippen molar-refractivity contribution in [2.45, 2.75) is 4.90 Å². The number of benzene rings is 3. The first-order valence-electron chi connectivity index (χ1n) is 10.9. The molecule has 5 heteroatoms. The number of hydrogen-bond donors (Lipinski definition) is 0. The van der Waals surface area contributed by atoms with Gasteiger partial charge in [0, 0.05) is 30.2 Å². The number of hydrogen-bond acceptors (Lipinski definition) is 4. The third-order valence-corrected chi connectivity index (χ3v) is 7.22. The van der Waals surface area contributed by atoms with Crippen LogP contribution in [0, 0.1) is 0 Å². The maximum absolute atomic E-state index is 6.13. The summed E-state index contributed by atoms with van der Waals surface area (Å²) in [6.07, 6.45) is 6.42. The molecule has 2 aromatic heterocycles. The van der Waals surface area contributed by atoms with Crippen LogP contribution in [-0.2, 0) is 7.05 Å². The summed E-state index contributed by atoms with van der Waals surface area (Å²) in [5, 5.41) is 2.32. The summed E-state index contributed by atoms with van der Waals surface area (Å²) in [4.78, 5) is 8.28. The molecule has 0 unspecified atom stereocenters. The van der Waals surface area contributed by atoms with Gasteiger partial charge < -0.3 is 9.32 Å². The Morgan fingerprint density at radius 1 is 0.970 bits per heavy atom. The number of rotatable bonds is 3. The van der Waals surface area contributed by atoms with Gasteiger partial charge in [-0.25, -0.2) is 4.98 Å². The molecule has 0 saturated carbocycles. The molecule has 6 rings (SSSR count). The molecular weight excluding hydrogens is 426 g/mol. The van der Waals surface area contributed by atoms with Gasteiger partial charge in [0.1, 0.15) is 12.6 Å². The normalized spacial score (nSPS) is 14.7. The van der Waals surface area contributed by atoms with Gasteiger partial charge in [0.25, 0.3) is 0 Å². The van der Waals surface area contributed by atoms with Gasteiger partial charge in [-0.1, -0.05) is 54.2 Å². The van der Waals surface area contributed by atoms with E-state index in [1.165, 1.54) is 15.6 Å². The molecule has 0 aliphatic carbocycles. The highest BCUT2D eigenvalue weighted by molar-refractivity contribution is 8.03. The number of nitrogens with zero attached hydrogens (tertiary/aromatic N) is 3. The minimum absolute atomic E-state index is 0.641. The second-order valence-corrected chi connectivity index (χ2v) is 9.10. The Morgan fingerprint density at radius 2 is 1.76 bits per heavy atom. The van der Waals surface area contributed by atoms with Crippen LogP contribution in [0.15, 0.2) is 105 Å². The van der Waals surface area contributed by atoms with Crippen LogP contribution >= 0.6 is 11.8 Å². The summed E-state index contributed by atoms with van der Waals surface area (Å²) in [5.74, 6) is 0.641. The molecule has 3 aromatic carbocycles. The fourth-order valence-corrected chi connectivity index (χ4v) is 5.34. The summed E-state index contributed by atoms with van der Waals surface area (Å²) in [7, 11) is 4.21. The Kier molecular flexibility index (Phi) is 4.77. The lowest BCUT2D eigenvalue weighted by molar-refractivity contribution is -0.646. The number of pyridine rings is 1. The third-order valence-electron chi connectivity index (χ3n) is 6.04. The molecule has 0 amide bonds. The van der Waals surface area contributed by atoms with Crippen molar-refractivity contribution in [2.75, 3.05) is 11.9 Å². The number of thioether (sulfide) groups is 1. The Morgan fingerprint density at radius 3 is 2.64 bits per heavy atom. The quantitative estimate of drug-likeness (QED) is 0.292. The first-order valence-corrected chi connectivity index (χ1v) is 11.7. The van der Waals surface area contributed by atoms with Gasteiger partial charge in [-0.05, 0) is 36.4 Å². The van der Waals surface area contributed by atoms with Gasteiger partial charge in [-0.15, -0.1) is 0 Å². The second-order valence-electron chi connectivity index (χ2n) is 8.04. The largest absolute Gasteiger partial charge is 0.436 e. The number of para-hydroxylation sites is 4. The van der Waals surface area contributed by atoms with E-state index in [0.29, 0.717) is 5.89 Å². The molecule has 0 spiro atoms. The average molecular weight is 449 g/mol. The van der Waals surface area contributed by atoms with Gasteiger partial charge in [0.15, 0.2) is 5.58 Å². The molecule has 160 valence electrons. The predicted molar refractivity (Wildman–Crippen MR) is 136 cm³/mol. The summed E-state index contributed by atoms with van der Waals surface area (Å²) < 4.78 is 8.33. The van der Waals surface area contributed by atoms with E-state index in [1.54, 1.807) is 11.8 Å². The van der Waals surface area contributed by atoms with Crippen LogP contribution in [0.3, 0.4) is 0 Å². The number of allylic oxidation sites excluding steroid dienone is 2. The zero-order valence-corrected chi connectivity index (χ0v) is 19.2. The molecule has 1 aliphatic rings. The molecule has 33 heavy (non-hydrogen) atoms. The van der Waals surface area contributed by atoms with Crippen molar-refractivity contribution in [3.8, 4) is 11.5 Å². The molecule has 0 N–H and O–H groups in total. The van der Waals surface area contributed by atoms with Crippen molar-refractivity contribution in [3.05, 3.63) is 102 Å². The van der Waals surface area contributed by atoms with Crippen LogP contribution in [0.2, 0.25) is 0 Å². The van der Waals surface area contributed by atoms with E-state index in [2.05, 4.69) is 96.4 Å². The van der Waals surface area contributed by atoms with Gasteiger partial charge in [-0.2, -0.15) is 4.57 Å². The smallest absolute Gasteiger partial charge is 0.228 e. The van der Waals surface area contributed by atoms with Crippen molar-refractivity contribution in [1.82, 2.24) is 4.98 Å². The van der Waals surface area contributed by atoms with Gasteiger partial charge in [-0.3, -0.25) is 0 Å². The Labute approximate surface area is 196 Å². The second kappa shape index (κ2) is 7.94. The van der Waals surface area contributed by atoms with Crippen LogP contribution in [0.4, 0.5) is 5.69 Å². The van der Waals surface area contributed by atoms with E-state index in [9.17, 15) is 0 Å². The van der Waals surface area contributed by atoms with Crippen molar-refractivity contribution in [3.63, 3.8) is 0 Å². The molecule has 1 aliphatic heterocycles. The third kappa shape index (κ3) is 3.41. The van der Waals surface area contributed by atoms with E-state index in [-0.39, 0.29) is 0 Å². The van der Waals surface area contributed by atoms with Gasteiger partial charge in [0.2, 0.25) is 17.1 Å². The SMILES string of the molecule is CN1/C(=C/C=C\c2cc(-c3nc4ccccc4o3)c3ccccc3[n+]2C)Sc2ccccc21. The molecule has 0 radical (unpaired) electrons. The van der Waals surface area contributed by atoms with Crippen LogP contribution in [0.1, 0.15) is 5.69 Å². The first-order chi connectivity index (χ1) is 16.2. The Bertz CT molecular complexity index is 1550. The molecule has 3 heterocycles. The van der Waals surface area contributed by atoms with Crippen molar-refractivity contribution in [1.29, 1.82) is 0 Å². The van der Waals surface area contributed by atoms with Crippen molar-refractivity contribution < 1.29 is 8.98 Å². The fraction of sp³-hybridized carbons (Fsp3) is 0.0714. The molecule has 0 fully saturated rings. The van der Waals surface area contributed by atoms with E-state index in [4.69, 9.17) is 9.40 Å². The summed E-state index contributed by atoms with van der Waals surface area (Å²) >= 11 is 1.79. The number of oxazole rings is 1. The number of aryl methyl sites for hydroxylation is 1.